The molecule has 1 rings (SSSR count). The van der Waals surface area contributed by atoms with E-state index in [9.17, 15) is 0 Å². The lowest BCUT2D eigenvalue weighted by Crippen LogP contribution is -2.16. The molecule has 21 heavy (non-hydrogen) atoms. The van der Waals surface area contributed by atoms with Gasteiger partial charge in [-0.2, -0.15) is 0 Å². The average Bonchev–Trinajstić information content (AvgIpc) is 2.50. The minimum absolute atomic E-state index is 0.777. The number of hydrogen-bond acceptors (Lipinski definition) is 2. The Morgan fingerprint density at radius 1 is 0.952 bits per heavy atom. The molecule has 120 valence electrons. The van der Waals surface area contributed by atoms with E-state index in [1.165, 1.54) is 37.7 Å². The summed E-state index contributed by atoms with van der Waals surface area (Å²) >= 11 is 2.55. The van der Waals surface area contributed by atoms with Crippen LogP contribution >= 0.6 is 22.6 Å². The molecule has 0 aliphatic carbocycles. The molecule has 0 N–H and O–H groups in total. The molecule has 0 aliphatic rings. The SMILES string of the molecule is CCc1cnc(CCC(CCC(C)I)C(CC)CC)nc1. The fourth-order valence-corrected chi connectivity index (χ4v) is 3.38. The Labute approximate surface area is 144 Å². The zero-order valence-corrected chi connectivity index (χ0v) is 16.3. The molecule has 1 aromatic rings. The number of aryl methyl sites for hydroxylation is 2. The van der Waals surface area contributed by atoms with Crippen LogP contribution in [0.1, 0.15) is 71.2 Å². The topological polar surface area (TPSA) is 25.8 Å². The summed E-state index contributed by atoms with van der Waals surface area (Å²) in [4.78, 5) is 9.03. The van der Waals surface area contributed by atoms with E-state index in [-0.39, 0.29) is 0 Å². The predicted octanol–water partition coefficient (Wildman–Crippen LogP) is 5.63. The van der Waals surface area contributed by atoms with Crippen LogP contribution in [0, 0.1) is 11.8 Å². The van der Waals surface area contributed by atoms with Gasteiger partial charge in [0.1, 0.15) is 5.82 Å². The zero-order chi connectivity index (χ0) is 15.7. The number of hydrogen-bond donors (Lipinski definition) is 0. The molecule has 0 bridgehead atoms. The summed E-state index contributed by atoms with van der Waals surface area (Å²) in [5, 5.41) is 0. The first-order chi connectivity index (χ1) is 10.1. The van der Waals surface area contributed by atoms with Crippen molar-refractivity contribution in [3.63, 3.8) is 0 Å². The highest BCUT2D eigenvalue weighted by Crippen LogP contribution is 2.29. The van der Waals surface area contributed by atoms with Crippen molar-refractivity contribution in [2.24, 2.45) is 11.8 Å². The zero-order valence-electron chi connectivity index (χ0n) is 14.1. The molecule has 0 radical (unpaired) electrons. The maximum atomic E-state index is 4.52. The first-order valence-electron chi connectivity index (χ1n) is 8.54. The Morgan fingerprint density at radius 2 is 1.57 bits per heavy atom. The van der Waals surface area contributed by atoms with Crippen molar-refractivity contribution in [3.05, 3.63) is 23.8 Å². The van der Waals surface area contributed by atoms with E-state index in [1.54, 1.807) is 0 Å². The summed E-state index contributed by atoms with van der Waals surface area (Å²) in [5.41, 5.74) is 1.23. The Morgan fingerprint density at radius 3 is 2.05 bits per heavy atom. The van der Waals surface area contributed by atoms with Crippen molar-refractivity contribution in [3.8, 4) is 0 Å². The van der Waals surface area contributed by atoms with E-state index in [0.717, 1.165) is 34.4 Å². The fraction of sp³-hybridized carbons (Fsp3) is 0.778. The van der Waals surface area contributed by atoms with Crippen molar-refractivity contribution in [1.82, 2.24) is 9.97 Å². The highest BCUT2D eigenvalue weighted by molar-refractivity contribution is 14.1. The van der Waals surface area contributed by atoms with Gasteiger partial charge in [-0.3, -0.25) is 0 Å². The van der Waals surface area contributed by atoms with Gasteiger partial charge in [0.25, 0.3) is 0 Å². The summed E-state index contributed by atoms with van der Waals surface area (Å²) in [6.45, 7) is 9.13. The van der Waals surface area contributed by atoms with Crippen LogP contribution in [-0.2, 0) is 12.8 Å². The number of halogens is 1. The van der Waals surface area contributed by atoms with Gasteiger partial charge in [0.15, 0.2) is 0 Å². The van der Waals surface area contributed by atoms with Gasteiger partial charge < -0.3 is 0 Å². The molecule has 2 unspecified atom stereocenters. The average molecular weight is 402 g/mol. The second-order valence-corrected chi connectivity index (χ2v) is 8.22. The summed E-state index contributed by atoms with van der Waals surface area (Å²) in [6, 6.07) is 0. The van der Waals surface area contributed by atoms with Gasteiger partial charge in [-0.05, 0) is 43.1 Å². The van der Waals surface area contributed by atoms with Gasteiger partial charge in [0, 0.05) is 22.7 Å². The lowest BCUT2D eigenvalue weighted by atomic mass is 9.81. The molecule has 2 nitrogen and oxygen atoms in total. The second kappa shape index (κ2) is 10.5. The third-order valence-corrected chi connectivity index (χ3v) is 5.18. The number of rotatable bonds is 10. The summed E-state index contributed by atoms with van der Waals surface area (Å²) < 4.78 is 0.777. The Balaban J connectivity index is 2.57. The van der Waals surface area contributed by atoms with E-state index >= 15 is 0 Å². The minimum Gasteiger partial charge on any atom is -0.241 e. The molecule has 0 saturated heterocycles. The van der Waals surface area contributed by atoms with Crippen LogP contribution in [0.3, 0.4) is 0 Å². The summed E-state index contributed by atoms with van der Waals surface area (Å²) in [6.07, 6.45) is 12.5. The first kappa shape index (κ1) is 18.9. The van der Waals surface area contributed by atoms with Crippen LogP contribution in [0.25, 0.3) is 0 Å². The molecule has 3 heteroatoms. The van der Waals surface area contributed by atoms with Crippen molar-refractivity contribution < 1.29 is 0 Å². The van der Waals surface area contributed by atoms with Crippen LogP contribution in [0.5, 0.6) is 0 Å². The van der Waals surface area contributed by atoms with Crippen LogP contribution in [-0.4, -0.2) is 13.9 Å². The second-order valence-electron chi connectivity index (χ2n) is 6.09. The number of aromatic nitrogens is 2. The maximum absolute atomic E-state index is 4.52. The molecule has 2 atom stereocenters. The lowest BCUT2D eigenvalue weighted by Gasteiger charge is -2.25. The molecular formula is C18H31IN2. The van der Waals surface area contributed by atoms with Crippen LogP contribution in [0.4, 0.5) is 0 Å². The highest BCUT2D eigenvalue weighted by Gasteiger charge is 2.19. The molecule has 0 saturated carbocycles. The van der Waals surface area contributed by atoms with E-state index in [1.807, 2.05) is 12.4 Å². The monoisotopic (exact) mass is 402 g/mol. The normalized spacial score (nSPS) is 14.4. The van der Waals surface area contributed by atoms with Crippen molar-refractivity contribution in [2.75, 3.05) is 0 Å². The molecular weight excluding hydrogens is 371 g/mol. The number of nitrogens with zero attached hydrogens (tertiary/aromatic N) is 2. The predicted molar refractivity (Wildman–Crippen MR) is 100 cm³/mol. The Kier molecular flexibility index (Phi) is 9.45. The fourth-order valence-electron chi connectivity index (χ4n) is 3.02. The van der Waals surface area contributed by atoms with Crippen molar-refractivity contribution in [2.45, 2.75) is 76.6 Å². The molecule has 1 aromatic heterocycles. The Hall–Kier alpha value is -0.190. The van der Waals surface area contributed by atoms with Crippen LogP contribution in [0.15, 0.2) is 12.4 Å². The lowest BCUT2D eigenvalue weighted by molar-refractivity contribution is 0.272. The molecule has 0 amide bonds. The quantitative estimate of drug-likeness (QED) is 0.375. The molecule has 0 aromatic carbocycles. The molecule has 0 spiro atoms. The van der Waals surface area contributed by atoms with Crippen LogP contribution < -0.4 is 0 Å². The minimum atomic E-state index is 0.777. The summed E-state index contributed by atoms with van der Waals surface area (Å²) in [5.74, 6) is 2.70. The van der Waals surface area contributed by atoms with E-state index in [2.05, 4.69) is 60.3 Å². The highest BCUT2D eigenvalue weighted by atomic mass is 127. The smallest absolute Gasteiger partial charge is 0.128 e. The first-order valence-corrected chi connectivity index (χ1v) is 9.79. The maximum Gasteiger partial charge on any atom is 0.128 e. The number of alkyl halides is 1. The van der Waals surface area contributed by atoms with Gasteiger partial charge in [-0.15, -0.1) is 0 Å². The molecule has 1 heterocycles. The van der Waals surface area contributed by atoms with Crippen molar-refractivity contribution >= 4 is 22.6 Å². The largest absolute Gasteiger partial charge is 0.241 e. The van der Waals surface area contributed by atoms with Gasteiger partial charge in [-0.1, -0.05) is 63.1 Å². The van der Waals surface area contributed by atoms with Gasteiger partial charge in [0.05, 0.1) is 0 Å². The van der Waals surface area contributed by atoms with Gasteiger partial charge >= 0.3 is 0 Å². The third-order valence-electron chi connectivity index (χ3n) is 4.56. The van der Waals surface area contributed by atoms with Crippen molar-refractivity contribution in [1.29, 1.82) is 0 Å². The van der Waals surface area contributed by atoms with Gasteiger partial charge in [0.2, 0.25) is 0 Å². The Bertz CT molecular complexity index is 371. The van der Waals surface area contributed by atoms with Crippen LogP contribution in [0.2, 0.25) is 0 Å². The standard InChI is InChI=1S/C18H31IN2/c1-5-15-12-20-18(21-13-15)11-10-17(9-8-14(4)19)16(6-2)7-3/h12-14,16-17H,5-11H2,1-4H3. The van der Waals surface area contributed by atoms with E-state index in [0.29, 0.717) is 0 Å². The summed E-state index contributed by atoms with van der Waals surface area (Å²) in [7, 11) is 0. The van der Waals surface area contributed by atoms with E-state index in [4.69, 9.17) is 0 Å². The molecule has 0 aliphatic heterocycles. The molecule has 0 fully saturated rings. The third kappa shape index (κ3) is 7.07. The van der Waals surface area contributed by atoms with Gasteiger partial charge in [-0.25, -0.2) is 9.97 Å². The van der Waals surface area contributed by atoms with E-state index < -0.39 is 0 Å².